The average Bonchev–Trinajstić information content (AvgIpc) is 2.83. The number of nitrogens with two attached hydrogens (primary N) is 1. The molecule has 164 valence electrons. The van der Waals surface area contributed by atoms with Gasteiger partial charge in [-0.15, -0.1) is 0 Å². The van der Waals surface area contributed by atoms with E-state index < -0.39 is 45.9 Å². The molecule has 1 aliphatic carbocycles. The molecule has 2 aromatic carbocycles. The summed E-state index contributed by atoms with van der Waals surface area (Å²) in [4.78, 5) is 37.8. The van der Waals surface area contributed by atoms with E-state index >= 15 is 0 Å². The number of benzene rings is 2. The quantitative estimate of drug-likeness (QED) is 0.428. The van der Waals surface area contributed by atoms with Crippen LogP contribution in [-0.2, 0) is 19.1 Å². The van der Waals surface area contributed by atoms with Crippen LogP contribution in [0.15, 0.2) is 71.9 Å². The van der Waals surface area contributed by atoms with Crippen molar-refractivity contribution in [3.05, 3.63) is 93.2 Å². The normalized spacial score (nSPS) is 24.8. The van der Waals surface area contributed by atoms with Gasteiger partial charge in [0.15, 0.2) is 0 Å². The van der Waals surface area contributed by atoms with Gasteiger partial charge in [-0.2, -0.15) is 5.26 Å². The predicted molar refractivity (Wildman–Crippen MR) is 112 cm³/mol. The topological polar surface area (TPSA) is 146 Å². The zero-order valence-corrected chi connectivity index (χ0v) is 17.4. The number of rotatable bonds is 5. The van der Waals surface area contributed by atoms with Gasteiger partial charge >= 0.3 is 11.9 Å². The summed E-state index contributed by atoms with van der Waals surface area (Å²) in [5, 5.41) is 22.8. The van der Waals surface area contributed by atoms with Gasteiger partial charge in [-0.05, 0) is 11.1 Å². The lowest BCUT2D eigenvalue weighted by Gasteiger charge is -2.42. The fraction of sp³-hybridized carbons (Fsp3) is 0.261. The van der Waals surface area contributed by atoms with Crippen LogP contribution >= 0.6 is 0 Å². The Morgan fingerprint density at radius 2 is 1.56 bits per heavy atom. The van der Waals surface area contributed by atoms with Gasteiger partial charge in [0.05, 0.1) is 43.4 Å². The third-order valence-electron chi connectivity index (χ3n) is 5.83. The first kappa shape index (κ1) is 22.5. The molecule has 4 unspecified atom stereocenters. The van der Waals surface area contributed by atoms with Crippen LogP contribution in [-0.4, -0.2) is 37.1 Å². The van der Waals surface area contributed by atoms with Crippen LogP contribution in [0.3, 0.4) is 0 Å². The highest BCUT2D eigenvalue weighted by Gasteiger charge is 2.65. The standard InChI is InChI=1S/C23H21N3O6/c1-31-21(27)17-16(14-9-5-3-6-10-14)19(26(29)30)18(15-11-7-4-8-12-15)23(13-24,20(17)25)22(28)32-2/h3-12,16,18-19H,25H2,1-2H3. The van der Waals surface area contributed by atoms with Gasteiger partial charge in [0, 0.05) is 4.92 Å². The molecule has 2 N–H and O–H groups in total. The van der Waals surface area contributed by atoms with E-state index in [1.54, 1.807) is 60.7 Å². The molecule has 0 aliphatic heterocycles. The van der Waals surface area contributed by atoms with Crippen LogP contribution < -0.4 is 5.73 Å². The second kappa shape index (κ2) is 8.89. The number of nitro groups is 1. The molecular weight excluding hydrogens is 414 g/mol. The summed E-state index contributed by atoms with van der Waals surface area (Å²) in [5.74, 6) is -4.56. The van der Waals surface area contributed by atoms with Crippen molar-refractivity contribution in [3.8, 4) is 6.07 Å². The predicted octanol–water partition coefficient (Wildman–Crippen LogP) is 2.28. The van der Waals surface area contributed by atoms with Gasteiger partial charge in [0.25, 0.3) is 0 Å². The Labute approximate surface area is 184 Å². The zero-order valence-electron chi connectivity index (χ0n) is 17.4. The smallest absolute Gasteiger partial charge is 0.336 e. The highest BCUT2D eigenvalue weighted by molar-refractivity contribution is 5.96. The van der Waals surface area contributed by atoms with Gasteiger partial charge in [-0.25, -0.2) is 9.59 Å². The molecule has 9 heteroatoms. The minimum atomic E-state index is -2.32. The monoisotopic (exact) mass is 435 g/mol. The average molecular weight is 435 g/mol. The van der Waals surface area contributed by atoms with Crippen LogP contribution in [0.25, 0.3) is 0 Å². The number of nitriles is 1. The van der Waals surface area contributed by atoms with Crippen molar-refractivity contribution in [1.29, 1.82) is 5.26 Å². The van der Waals surface area contributed by atoms with Crippen molar-refractivity contribution in [2.24, 2.45) is 11.1 Å². The third-order valence-corrected chi connectivity index (χ3v) is 5.83. The van der Waals surface area contributed by atoms with E-state index in [2.05, 4.69) is 0 Å². The molecule has 4 atom stereocenters. The minimum absolute atomic E-state index is 0.306. The SMILES string of the molecule is COC(=O)C1=C(N)C(C#N)(C(=O)OC)C(c2ccccc2)C([N+](=O)[O-])C1c1ccccc1. The molecule has 2 aromatic rings. The number of nitrogens with zero attached hydrogens (tertiary/aromatic N) is 2. The second-order valence-electron chi connectivity index (χ2n) is 7.28. The number of ether oxygens (including phenoxy) is 2. The van der Waals surface area contributed by atoms with E-state index in [9.17, 15) is 25.0 Å². The Bertz CT molecular complexity index is 1110. The van der Waals surface area contributed by atoms with Crippen molar-refractivity contribution >= 4 is 11.9 Å². The second-order valence-corrected chi connectivity index (χ2v) is 7.28. The number of carbonyl (C=O) groups is 2. The van der Waals surface area contributed by atoms with E-state index in [0.29, 0.717) is 11.1 Å². The molecule has 9 nitrogen and oxygen atoms in total. The summed E-state index contributed by atoms with van der Waals surface area (Å²) in [7, 11) is 2.15. The molecule has 1 aliphatic rings. The summed E-state index contributed by atoms with van der Waals surface area (Å²) in [6, 6.07) is 16.7. The Morgan fingerprint density at radius 3 is 2.00 bits per heavy atom. The number of hydrogen-bond donors (Lipinski definition) is 1. The van der Waals surface area contributed by atoms with Crippen molar-refractivity contribution in [2.75, 3.05) is 14.2 Å². The van der Waals surface area contributed by atoms with Crippen molar-refractivity contribution in [3.63, 3.8) is 0 Å². The Balaban J connectivity index is 2.51. The molecule has 0 spiro atoms. The molecule has 32 heavy (non-hydrogen) atoms. The minimum Gasteiger partial charge on any atom is -0.468 e. The van der Waals surface area contributed by atoms with E-state index in [1.165, 1.54) is 0 Å². The highest BCUT2D eigenvalue weighted by Crippen LogP contribution is 2.55. The molecular formula is C23H21N3O6. The number of esters is 2. The molecule has 3 rings (SSSR count). The largest absolute Gasteiger partial charge is 0.468 e. The maximum absolute atomic E-state index is 13.0. The van der Waals surface area contributed by atoms with Gasteiger partial charge in [-0.1, -0.05) is 60.7 Å². The summed E-state index contributed by atoms with van der Waals surface area (Å²) >= 11 is 0. The zero-order chi connectivity index (χ0) is 23.5. The van der Waals surface area contributed by atoms with Gasteiger partial charge < -0.3 is 15.2 Å². The summed E-state index contributed by atoms with van der Waals surface area (Å²) < 4.78 is 9.76. The van der Waals surface area contributed by atoms with Crippen molar-refractivity contribution in [2.45, 2.75) is 17.9 Å². The first-order chi connectivity index (χ1) is 15.3. The van der Waals surface area contributed by atoms with Crippen molar-refractivity contribution in [1.82, 2.24) is 0 Å². The molecule has 0 aromatic heterocycles. The first-order valence-corrected chi connectivity index (χ1v) is 9.66. The summed E-state index contributed by atoms with van der Waals surface area (Å²) in [5.41, 5.74) is 4.10. The highest BCUT2D eigenvalue weighted by atomic mass is 16.6. The Kier molecular flexibility index (Phi) is 6.25. The maximum Gasteiger partial charge on any atom is 0.336 e. The fourth-order valence-electron chi connectivity index (χ4n) is 4.46. The van der Waals surface area contributed by atoms with Crippen LogP contribution in [0.2, 0.25) is 0 Å². The van der Waals surface area contributed by atoms with Crippen LogP contribution in [0.5, 0.6) is 0 Å². The molecule has 0 saturated carbocycles. The van der Waals surface area contributed by atoms with Gasteiger partial charge in [0.2, 0.25) is 11.5 Å². The van der Waals surface area contributed by atoms with E-state index in [4.69, 9.17) is 15.2 Å². The number of methoxy groups -OCH3 is 2. The van der Waals surface area contributed by atoms with Gasteiger partial charge in [0.1, 0.15) is 0 Å². The van der Waals surface area contributed by atoms with Crippen LogP contribution in [0.1, 0.15) is 23.0 Å². The molecule has 0 radical (unpaired) electrons. The lowest BCUT2D eigenvalue weighted by Crippen LogP contribution is -2.55. The Morgan fingerprint density at radius 1 is 1.03 bits per heavy atom. The number of hydrogen-bond acceptors (Lipinski definition) is 8. The first-order valence-electron chi connectivity index (χ1n) is 9.66. The lowest BCUT2D eigenvalue weighted by atomic mass is 9.57. The summed E-state index contributed by atoms with van der Waals surface area (Å²) in [6.07, 6.45) is 0. The molecule has 0 amide bonds. The van der Waals surface area contributed by atoms with E-state index in [1.807, 2.05) is 6.07 Å². The molecule has 0 bridgehead atoms. The molecule has 0 heterocycles. The lowest BCUT2D eigenvalue weighted by molar-refractivity contribution is -0.532. The third kappa shape index (κ3) is 3.36. The van der Waals surface area contributed by atoms with E-state index in [0.717, 1.165) is 14.2 Å². The molecule has 0 fully saturated rings. The van der Waals surface area contributed by atoms with E-state index in [-0.39, 0.29) is 5.57 Å². The summed E-state index contributed by atoms with van der Waals surface area (Å²) in [6.45, 7) is 0. The van der Waals surface area contributed by atoms with Crippen molar-refractivity contribution < 1.29 is 24.0 Å². The Hall–Kier alpha value is -4.19. The maximum atomic E-state index is 13.0. The van der Waals surface area contributed by atoms with Crippen LogP contribution in [0.4, 0.5) is 0 Å². The van der Waals surface area contributed by atoms with Crippen LogP contribution in [0, 0.1) is 26.9 Å². The van der Waals surface area contributed by atoms with Gasteiger partial charge in [-0.3, -0.25) is 10.1 Å². The molecule has 0 saturated heterocycles. The number of carbonyl (C=O) groups excluding carboxylic acids is 2. The fourth-order valence-corrected chi connectivity index (χ4v) is 4.46.